The number of aromatic nitrogens is 2. The van der Waals surface area contributed by atoms with Crippen LogP contribution in [-0.2, 0) is 0 Å². The highest BCUT2D eigenvalue weighted by molar-refractivity contribution is 5.70. The van der Waals surface area contributed by atoms with E-state index in [0.717, 1.165) is 35.9 Å². The van der Waals surface area contributed by atoms with Gasteiger partial charge in [-0.1, -0.05) is 42.5 Å². The summed E-state index contributed by atoms with van der Waals surface area (Å²) in [5.74, 6) is 1.37. The summed E-state index contributed by atoms with van der Waals surface area (Å²) in [5, 5.41) is 12.3. The van der Waals surface area contributed by atoms with E-state index in [2.05, 4.69) is 52.2 Å². The van der Waals surface area contributed by atoms with E-state index in [0.29, 0.717) is 11.5 Å². The van der Waals surface area contributed by atoms with E-state index in [4.69, 9.17) is 5.26 Å². The Hall–Kier alpha value is -3.65. The zero-order valence-corrected chi connectivity index (χ0v) is 16.1. The minimum Gasteiger partial charge on any atom is -0.357 e. The average Bonchev–Trinajstić information content (AvgIpc) is 2.74. The van der Waals surface area contributed by atoms with Gasteiger partial charge in [0.1, 0.15) is 5.82 Å². The maximum atomic E-state index is 9.11. The number of nitrogens with one attached hydrogen (secondary N) is 1. The predicted molar refractivity (Wildman–Crippen MR) is 115 cm³/mol. The first-order valence-corrected chi connectivity index (χ1v) is 9.36. The van der Waals surface area contributed by atoms with Crippen molar-refractivity contribution in [3.63, 3.8) is 0 Å². The first kappa shape index (κ1) is 19.1. The standard InChI is InChI=1S/C23H23N5/c1-3-28(4-2)22-16-21(14-13-18-9-6-5-7-10-18)26-23(27-22)25-20-12-8-11-19(15-20)17-24/h5-16H,3-4H2,1-2H3,(H,25,26,27)/b14-13+. The average molecular weight is 369 g/mol. The topological polar surface area (TPSA) is 64.8 Å². The molecule has 0 unspecified atom stereocenters. The van der Waals surface area contributed by atoms with Crippen molar-refractivity contribution >= 4 is 29.6 Å². The van der Waals surface area contributed by atoms with Gasteiger partial charge >= 0.3 is 0 Å². The number of nitrogens with zero attached hydrogens (tertiary/aromatic N) is 4. The van der Waals surface area contributed by atoms with Crippen molar-refractivity contribution in [3.05, 3.63) is 77.5 Å². The maximum Gasteiger partial charge on any atom is 0.229 e. The summed E-state index contributed by atoms with van der Waals surface area (Å²) >= 11 is 0. The molecule has 0 saturated heterocycles. The summed E-state index contributed by atoms with van der Waals surface area (Å²) in [6, 6.07) is 21.6. The van der Waals surface area contributed by atoms with Crippen molar-refractivity contribution in [2.45, 2.75) is 13.8 Å². The maximum absolute atomic E-state index is 9.11. The molecule has 0 spiro atoms. The zero-order chi connectivity index (χ0) is 19.8. The first-order chi connectivity index (χ1) is 13.7. The molecule has 0 fully saturated rings. The molecule has 0 radical (unpaired) electrons. The fraction of sp³-hybridized carbons (Fsp3) is 0.174. The summed E-state index contributed by atoms with van der Waals surface area (Å²) in [4.78, 5) is 11.5. The lowest BCUT2D eigenvalue weighted by Gasteiger charge is -2.20. The van der Waals surface area contributed by atoms with Crippen LogP contribution in [0.4, 0.5) is 17.5 Å². The predicted octanol–water partition coefficient (Wildman–Crippen LogP) is 5.11. The van der Waals surface area contributed by atoms with Crippen molar-refractivity contribution in [2.75, 3.05) is 23.3 Å². The molecule has 1 N–H and O–H groups in total. The van der Waals surface area contributed by atoms with Crippen LogP contribution >= 0.6 is 0 Å². The molecule has 0 atom stereocenters. The molecular formula is C23H23N5. The lowest BCUT2D eigenvalue weighted by atomic mass is 10.2. The van der Waals surface area contributed by atoms with E-state index in [1.807, 2.05) is 48.6 Å². The van der Waals surface area contributed by atoms with E-state index < -0.39 is 0 Å². The second kappa shape index (κ2) is 9.33. The van der Waals surface area contributed by atoms with Crippen molar-refractivity contribution in [1.29, 1.82) is 5.26 Å². The highest BCUT2D eigenvalue weighted by Crippen LogP contribution is 2.20. The molecule has 0 aliphatic carbocycles. The molecule has 5 heteroatoms. The minimum atomic E-state index is 0.507. The van der Waals surface area contributed by atoms with Crippen molar-refractivity contribution in [1.82, 2.24) is 9.97 Å². The summed E-state index contributed by atoms with van der Waals surface area (Å²) in [7, 11) is 0. The van der Waals surface area contributed by atoms with Crippen LogP contribution in [0.1, 0.15) is 30.7 Å². The lowest BCUT2D eigenvalue weighted by Crippen LogP contribution is -2.23. The fourth-order valence-corrected chi connectivity index (χ4v) is 2.84. The molecule has 3 aromatic rings. The Kier molecular flexibility index (Phi) is 6.37. The van der Waals surface area contributed by atoms with Crippen molar-refractivity contribution < 1.29 is 0 Å². The number of hydrogen-bond acceptors (Lipinski definition) is 5. The fourth-order valence-electron chi connectivity index (χ4n) is 2.84. The molecule has 0 bridgehead atoms. The second-order valence-electron chi connectivity index (χ2n) is 6.21. The highest BCUT2D eigenvalue weighted by Gasteiger charge is 2.09. The number of rotatable bonds is 7. The Morgan fingerprint density at radius 2 is 1.75 bits per heavy atom. The summed E-state index contributed by atoms with van der Waals surface area (Å²) in [6.45, 7) is 5.93. The molecule has 0 aliphatic heterocycles. The Morgan fingerprint density at radius 1 is 0.964 bits per heavy atom. The summed E-state index contributed by atoms with van der Waals surface area (Å²) < 4.78 is 0. The number of benzene rings is 2. The highest BCUT2D eigenvalue weighted by atomic mass is 15.2. The molecule has 1 heterocycles. The van der Waals surface area contributed by atoms with E-state index >= 15 is 0 Å². The van der Waals surface area contributed by atoms with E-state index in [1.165, 1.54) is 0 Å². The van der Waals surface area contributed by atoms with Crippen LogP contribution in [0.3, 0.4) is 0 Å². The Morgan fingerprint density at radius 3 is 2.46 bits per heavy atom. The molecule has 0 amide bonds. The molecular weight excluding hydrogens is 346 g/mol. The van der Waals surface area contributed by atoms with Gasteiger partial charge in [0, 0.05) is 24.8 Å². The van der Waals surface area contributed by atoms with E-state index in [-0.39, 0.29) is 0 Å². The monoisotopic (exact) mass is 369 g/mol. The second-order valence-corrected chi connectivity index (χ2v) is 6.21. The zero-order valence-electron chi connectivity index (χ0n) is 16.1. The molecule has 0 aliphatic rings. The first-order valence-electron chi connectivity index (χ1n) is 9.36. The van der Waals surface area contributed by atoms with E-state index in [9.17, 15) is 0 Å². The summed E-state index contributed by atoms with van der Waals surface area (Å²) in [5.41, 5.74) is 3.31. The summed E-state index contributed by atoms with van der Waals surface area (Å²) in [6.07, 6.45) is 4.02. The van der Waals surface area contributed by atoms with Gasteiger partial charge in [-0.05, 0) is 43.7 Å². The SMILES string of the molecule is CCN(CC)c1cc(/C=C/c2ccccc2)nc(Nc2cccc(C#N)c2)n1. The largest absolute Gasteiger partial charge is 0.357 e. The van der Waals surface area contributed by atoms with Gasteiger partial charge in [-0.2, -0.15) is 10.2 Å². The van der Waals surface area contributed by atoms with Gasteiger partial charge in [0.2, 0.25) is 5.95 Å². The molecule has 28 heavy (non-hydrogen) atoms. The quantitative estimate of drug-likeness (QED) is 0.627. The van der Waals surface area contributed by atoms with Gasteiger partial charge in [0.15, 0.2) is 0 Å². The third-order valence-corrected chi connectivity index (χ3v) is 4.31. The van der Waals surface area contributed by atoms with Crippen LogP contribution in [0, 0.1) is 11.3 Å². The molecule has 5 nitrogen and oxygen atoms in total. The minimum absolute atomic E-state index is 0.507. The van der Waals surface area contributed by atoms with Gasteiger partial charge in [-0.25, -0.2) is 4.98 Å². The molecule has 1 aromatic heterocycles. The smallest absolute Gasteiger partial charge is 0.229 e. The van der Waals surface area contributed by atoms with Crippen LogP contribution in [0.5, 0.6) is 0 Å². The van der Waals surface area contributed by atoms with Gasteiger partial charge in [-0.15, -0.1) is 0 Å². The molecule has 2 aromatic carbocycles. The van der Waals surface area contributed by atoms with E-state index in [1.54, 1.807) is 12.1 Å². The van der Waals surface area contributed by atoms with Gasteiger partial charge in [-0.3, -0.25) is 0 Å². The van der Waals surface area contributed by atoms with Crippen LogP contribution < -0.4 is 10.2 Å². The van der Waals surface area contributed by atoms with Crippen LogP contribution in [0.2, 0.25) is 0 Å². The van der Waals surface area contributed by atoms with Crippen LogP contribution in [-0.4, -0.2) is 23.1 Å². The van der Waals surface area contributed by atoms with Gasteiger partial charge < -0.3 is 10.2 Å². The lowest BCUT2D eigenvalue weighted by molar-refractivity contribution is 0.842. The van der Waals surface area contributed by atoms with Gasteiger partial charge in [0.05, 0.1) is 17.3 Å². The number of nitriles is 1. The molecule has 140 valence electrons. The normalized spacial score (nSPS) is 10.6. The van der Waals surface area contributed by atoms with Gasteiger partial charge in [0.25, 0.3) is 0 Å². The molecule has 0 saturated carbocycles. The number of hydrogen-bond donors (Lipinski definition) is 1. The number of anilines is 3. The van der Waals surface area contributed by atoms with Crippen molar-refractivity contribution in [2.24, 2.45) is 0 Å². The van der Waals surface area contributed by atoms with Crippen LogP contribution in [0.15, 0.2) is 60.7 Å². The third-order valence-electron chi connectivity index (χ3n) is 4.31. The van der Waals surface area contributed by atoms with Crippen LogP contribution in [0.25, 0.3) is 12.2 Å². The third kappa shape index (κ3) is 4.95. The Balaban J connectivity index is 1.95. The Labute approximate surface area is 166 Å². The van der Waals surface area contributed by atoms with Crippen molar-refractivity contribution in [3.8, 4) is 6.07 Å². The molecule has 3 rings (SSSR count). The Bertz CT molecular complexity index is 985.